The second-order valence-electron chi connectivity index (χ2n) is 11.2. The highest BCUT2D eigenvalue weighted by Gasteiger charge is 2.25. The highest BCUT2D eigenvalue weighted by Crippen LogP contribution is 2.44. The van der Waals surface area contributed by atoms with Crippen LogP contribution < -0.4 is 19.5 Å². The van der Waals surface area contributed by atoms with E-state index in [1.165, 1.54) is 67.2 Å². The fourth-order valence-electron chi connectivity index (χ4n) is 5.76. The molecule has 0 spiro atoms. The van der Waals surface area contributed by atoms with Crippen molar-refractivity contribution >= 4 is 94.3 Å². The third-order valence-corrected chi connectivity index (χ3v) is 11.7. The summed E-state index contributed by atoms with van der Waals surface area (Å²) in [6.45, 7) is 23.9. The smallest absolute Gasteiger partial charge is 0.0448 e. The normalized spacial score (nSPS) is 17.9. The zero-order valence-electron chi connectivity index (χ0n) is 26.6. The SMILES string of the molecule is C=C/C=c1/sc(C(/C=C\CC)=c2\sc(/C=C\CC)c(C=C)c2=C)c(C2=CCC(C)=Cc3c2sc2c3C=CC(C)C=C2)/c1=C/C. The Kier molecular flexibility index (Phi) is 10.2. The zero-order valence-corrected chi connectivity index (χ0v) is 29.1. The van der Waals surface area contributed by atoms with Gasteiger partial charge in [0.15, 0.2) is 0 Å². The fourth-order valence-corrected chi connectivity index (χ4v) is 9.58. The van der Waals surface area contributed by atoms with Gasteiger partial charge in [-0.3, -0.25) is 0 Å². The third-order valence-electron chi connectivity index (χ3n) is 7.99. The second-order valence-corrected chi connectivity index (χ2v) is 14.4. The van der Waals surface area contributed by atoms with Crippen LogP contribution in [0.25, 0.3) is 60.3 Å². The van der Waals surface area contributed by atoms with Crippen LogP contribution in [0.15, 0.2) is 61.3 Å². The van der Waals surface area contributed by atoms with Crippen LogP contribution in [0.5, 0.6) is 0 Å². The minimum atomic E-state index is 0.431. The Bertz CT molecular complexity index is 2030. The minimum absolute atomic E-state index is 0.431. The molecule has 0 saturated heterocycles. The van der Waals surface area contributed by atoms with Crippen molar-refractivity contribution in [1.29, 1.82) is 0 Å². The van der Waals surface area contributed by atoms with Crippen molar-refractivity contribution in [3.05, 3.63) is 123 Å². The molecule has 224 valence electrons. The largest absolute Gasteiger partial charge is 0.135 e. The van der Waals surface area contributed by atoms with Crippen molar-refractivity contribution in [2.24, 2.45) is 5.92 Å². The van der Waals surface area contributed by atoms with Gasteiger partial charge in [-0.15, -0.1) is 34.0 Å². The molecule has 2 aliphatic rings. The van der Waals surface area contributed by atoms with Gasteiger partial charge in [0.05, 0.1) is 0 Å². The van der Waals surface area contributed by atoms with E-state index in [1.54, 1.807) is 0 Å². The first-order chi connectivity index (χ1) is 21.4. The van der Waals surface area contributed by atoms with E-state index in [-0.39, 0.29) is 0 Å². The van der Waals surface area contributed by atoms with Crippen LogP contribution >= 0.6 is 34.0 Å². The van der Waals surface area contributed by atoms with Gasteiger partial charge >= 0.3 is 0 Å². The number of allylic oxidation sites excluding steroid dienone is 8. The lowest BCUT2D eigenvalue weighted by atomic mass is 9.95. The van der Waals surface area contributed by atoms with E-state index in [0.29, 0.717) is 5.92 Å². The summed E-state index contributed by atoms with van der Waals surface area (Å²) in [4.78, 5) is 5.18. The molecule has 44 heavy (non-hydrogen) atoms. The van der Waals surface area contributed by atoms with Crippen LogP contribution in [0.2, 0.25) is 0 Å². The molecule has 0 saturated carbocycles. The van der Waals surface area contributed by atoms with Crippen LogP contribution in [0.4, 0.5) is 0 Å². The lowest BCUT2D eigenvalue weighted by Gasteiger charge is -2.11. The Morgan fingerprint density at radius 2 is 1.80 bits per heavy atom. The Morgan fingerprint density at radius 3 is 2.50 bits per heavy atom. The van der Waals surface area contributed by atoms with Gasteiger partial charge in [0.1, 0.15) is 0 Å². The molecule has 5 rings (SSSR count). The van der Waals surface area contributed by atoms with Crippen molar-refractivity contribution in [2.75, 3.05) is 0 Å². The minimum Gasteiger partial charge on any atom is -0.135 e. The monoisotopic (exact) mass is 630 g/mol. The highest BCUT2D eigenvalue weighted by molar-refractivity contribution is 7.15. The summed E-state index contributed by atoms with van der Waals surface area (Å²) >= 11 is 5.60. The van der Waals surface area contributed by atoms with Crippen molar-refractivity contribution in [3.63, 3.8) is 0 Å². The molecule has 1 unspecified atom stereocenters. The Hall–Kier alpha value is -3.50. The summed E-state index contributed by atoms with van der Waals surface area (Å²) in [7, 11) is 0. The molecule has 0 N–H and O–H groups in total. The maximum atomic E-state index is 4.61. The van der Waals surface area contributed by atoms with Gasteiger partial charge in [-0.25, -0.2) is 0 Å². The molecule has 3 aromatic heterocycles. The van der Waals surface area contributed by atoms with Gasteiger partial charge in [0, 0.05) is 50.8 Å². The summed E-state index contributed by atoms with van der Waals surface area (Å²) in [5, 5.41) is 2.32. The Balaban J connectivity index is 1.92. The molecule has 0 amide bonds. The molecule has 3 heteroatoms. The standard InChI is InChI=1S/C41H42S3/c1-9-14-17-33(39-28(8)29(12-4)36(42-39)18-15-10-2)41-38(30(13-5)35(44-41)16-11-3)32-23-20-27(7)25-34-31-22-19-26(6)21-24-37(31)43-40(32)34/h11-19,21-26H,3-4,8-10,20H2,1-2,5-7H3/b17-14-,18-15-,30-13+,35-16+,39-33-. The summed E-state index contributed by atoms with van der Waals surface area (Å²) in [5.74, 6) is 0.431. The van der Waals surface area contributed by atoms with Crippen LogP contribution in [0.1, 0.15) is 95.6 Å². The molecule has 0 radical (unpaired) electrons. The molecule has 0 aliphatic heterocycles. The molecule has 0 fully saturated rings. The maximum Gasteiger partial charge on any atom is 0.0448 e. The molecule has 0 nitrogen and oxygen atoms in total. The molecular weight excluding hydrogens is 589 g/mol. The first kappa shape index (κ1) is 31.9. The molecular formula is C41H42S3. The number of hydrogen-bond acceptors (Lipinski definition) is 3. The van der Waals surface area contributed by atoms with Gasteiger partial charge in [-0.05, 0) is 78.8 Å². The molecule has 2 aliphatic carbocycles. The molecule has 0 aromatic carbocycles. The third kappa shape index (κ3) is 6.06. The van der Waals surface area contributed by atoms with Crippen molar-refractivity contribution < 1.29 is 0 Å². The lowest BCUT2D eigenvalue weighted by molar-refractivity contribution is 0.954. The van der Waals surface area contributed by atoms with E-state index in [4.69, 9.17) is 0 Å². The average molecular weight is 631 g/mol. The van der Waals surface area contributed by atoms with E-state index in [0.717, 1.165) is 30.0 Å². The number of rotatable bonds is 8. The van der Waals surface area contributed by atoms with Crippen LogP contribution in [0.3, 0.4) is 0 Å². The van der Waals surface area contributed by atoms with E-state index < -0.39 is 0 Å². The van der Waals surface area contributed by atoms with Crippen molar-refractivity contribution in [2.45, 2.75) is 53.9 Å². The zero-order chi connectivity index (χ0) is 31.4. The fraction of sp³-hybridized carbons (Fsp3) is 0.220. The Morgan fingerprint density at radius 1 is 1.02 bits per heavy atom. The number of thiophene rings is 3. The van der Waals surface area contributed by atoms with E-state index in [9.17, 15) is 0 Å². The highest BCUT2D eigenvalue weighted by atomic mass is 32.1. The molecule has 3 aromatic rings. The van der Waals surface area contributed by atoms with Crippen LogP contribution in [-0.2, 0) is 0 Å². The van der Waals surface area contributed by atoms with Crippen LogP contribution in [-0.4, -0.2) is 0 Å². The van der Waals surface area contributed by atoms with Crippen molar-refractivity contribution in [3.8, 4) is 0 Å². The van der Waals surface area contributed by atoms with Gasteiger partial charge in [-0.2, -0.15) is 0 Å². The summed E-state index contributed by atoms with van der Waals surface area (Å²) in [5.41, 5.74) is 9.05. The average Bonchev–Trinajstić information content (AvgIpc) is 3.56. The van der Waals surface area contributed by atoms with E-state index in [1.807, 2.05) is 46.2 Å². The predicted molar refractivity (Wildman–Crippen MR) is 206 cm³/mol. The molecule has 1 atom stereocenters. The van der Waals surface area contributed by atoms with E-state index in [2.05, 4.69) is 127 Å². The van der Waals surface area contributed by atoms with Gasteiger partial charge in [-0.1, -0.05) is 113 Å². The van der Waals surface area contributed by atoms with Gasteiger partial charge < -0.3 is 0 Å². The number of hydrogen-bond donors (Lipinski definition) is 0. The first-order valence-corrected chi connectivity index (χ1v) is 18.0. The van der Waals surface area contributed by atoms with Gasteiger partial charge in [0.25, 0.3) is 0 Å². The topological polar surface area (TPSA) is 0 Å². The summed E-state index contributed by atoms with van der Waals surface area (Å²) < 4.78 is 2.44. The first-order valence-electron chi connectivity index (χ1n) is 15.5. The predicted octanol–water partition coefficient (Wildman–Crippen LogP) is 10.2. The van der Waals surface area contributed by atoms with Crippen molar-refractivity contribution in [1.82, 2.24) is 0 Å². The maximum absolute atomic E-state index is 4.61. The van der Waals surface area contributed by atoms with Crippen LogP contribution in [0, 0.1) is 5.92 Å². The summed E-state index contributed by atoms with van der Waals surface area (Å²) in [6.07, 6.45) is 34.4. The summed E-state index contributed by atoms with van der Waals surface area (Å²) in [6, 6.07) is 0. The number of fused-ring (bicyclic) bond motifs is 3. The molecule has 3 heterocycles. The lowest BCUT2D eigenvalue weighted by Crippen LogP contribution is -2.23. The Labute approximate surface area is 275 Å². The van der Waals surface area contributed by atoms with Gasteiger partial charge in [0.2, 0.25) is 0 Å². The quantitative estimate of drug-likeness (QED) is 0.232. The van der Waals surface area contributed by atoms with E-state index >= 15 is 0 Å². The second kappa shape index (κ2) is 14.1. The molecule has 0 bridgehead atoms.